The van der Waals surface area contributed by atoms with Crippen LogP contribution in [-0.2, 0) is 14.4 Å². The van der Waals surface area contributed by atoms with Crippen LogP contribution in [0.5, 0.6) is 0 Å². The Kier molecular flexibility index (Phi) is 11.9. The average molecular weight is 543 g/mol. The van der Waals surface area contributed by atoms with E-state index < -0.39 is 93.6 Å². The summed E-state index contributed by atoms with van der Waals surface area (Å²) < 4.78 is 116. The van der Waals surface area contributed by atoms with Crippen molar-refractivity contribution in [1.29, 1.82) is 0 Å². The molecule has 1 fully saturated rings. The number of hydrogen-bond donors (Lipinski definition) is 1. The maximum absolute atomic E-state index is 12.9. The number of halogens is 9. The average Bonchev–Trinajstić information content (AvgIpc) is 2.70. The molecule has 0 spiro atoms. The molecule has 35 heavy (non-hydrogen) atoms. The minimum atomic E-state index is -5.56. The van der Waals surface area contributed by atoms with Crippen molar-refractivity contribution in [2.45, 2.75) is 18.5 Å². The van der Waals surface area contributed by atoms with Gasteiger partial charge >= 0.3 is 65.8 Å². The van der Waals surface area contributed by atoms with Gasteiger partial charge in [-0.3, -0.25) is 14.4 Å². The van der Waals surface area contributed by atoms with E-state index in [1.54, 1.807) is 0 Å². The first-order valence-electron chi connectivity index (χ1n) is 9.07. The summed E-state index contributed by atoms with van der Waals surface area (Å²) >= 11 is 0. The zero-order valence-corrected chi connectivity index (χ0v) is 19.8. The third kappa shape index (κ3) is 9.74. The Bertz CT molecular complexity index is 750. The summed E-state index contributed by atoms with van der Waals surface area (Å²) in [6.45, 7) is -8.58. The van der Waals surface area contributed by atoms with Crippen molar-refractivity contribution in [2.24, 2.45) is 0 Å². The Morgan fingerprint density at radius 1 is 0.600 bits per heavy atom. The SMILES string of the molecule is O=C(N1CCN(C(=O)C(F)(F)F)CCN(/[N+]([O-])=[NH+]/[O-])CCN(C(=O)C(F)(F)F)CC1)C(F)(F)F.[Na+]. The third-order valence-electron chi connectivity index (χ3n) is 4.46. The van der Waals surface area contributed by atoms with E-state index in [-0.39, 0.29) is 44.3 Å². The Labute approximate surface area is 212 Å². The first-order valence-corrected chi connectivity index (χ1v) is 9.07. The van der Waals surface area contributed by atoms with Gasteiger partial charge in [-0.05, 0) is 10.3 Å². The maximum Gasteiger partial charge on any atom is 1.00 e. The largest absolute Gasteiger partial charge is 1.00 e. The molecule has 1 heterocycles. The summed E-state index contributed by atoms with van der Waals surface area (Å²) in [4.78, 5) is 34.0. The molecule has 0 saturated carbocycles. The first-order chi connectivity index (χ1) is 15.4. The van der Waals surface area contributed by atoms with Gasteiger partial charge in [0.05, 0.1) is 13.1 Å². The summed E-state index contributed by atoms with van der Waals surface area (Å²) in [5.41, 5.74) is 0. The van der Waals surface area contributed by atoms with Gasteiger partial charge in [-0.25, -0.2) is 0 Å². The fourth-order valence-corrected chi connectivity index (χ4v) is 2.79. The van der Waals surface area contributed by atoms with Gasteiger partial charge in [0.1, 0.15) is 0 Å². The Morgan fingerprint density at radius 2 is 0.829 bits per heavy atom. The topological polar surface area (TPSA) is 127 Å². The van der Waals surface area contributed by atoms with Crippen LogP contribution in [0.1, 0.15) is 0 Å². The van der Waals surface area contributed by atoms with Gasteiger partial charge in [-0.15, -0.1) is 0 Å². The molecule has 11 nitrogen and oxygen atoms in total. The van der Waals surface area contributed by atoms with Crippen LogP contribution in [0.3, 0.4) is 0 Å². The molecule has 21 heteroatoms. The van der Waals surface area contributed by atoms with Gasteiger partial charge in [-0.1, -0.05) is 0 Å². The van der Waals surface area contributed by atoms with Crippen molar-refractivity contribution < 1.29 is 93.7 Å². The zero-order valence-electron chi connectivity index (χ0n) is 17.8. The standard InChI is InChI=1S/C14H17F9N6O5.Na/c15-12(16,17)9(30)25-1-3-26(10(31)13(18,19)20)5-7-28(29(34)24-33)8-6-27(4-2-25)11(32)14(21,22)23;/h24H,1-8H2;/q;+1/b29-24-;. The van der Waals surface area contributed by atoms with E-state index in [1.807, 2.05) is 0 Å². The Hall–Kier alpha value is -2.22. The molecule has 0 bridgehead atoms. The quantitative estimate of drug-likeness (QED) is 0.118. The maximum atomic E-state index is 12.9. The summed E-state index contributed by atoms with van der Waals surface area (Å²) in [6, 6.07) is 0. The van der Waals surface area contributed by atoms with Crippen molar-refractivity contribution in [3.8, 4) is 0 Å². The van der Waals surface area contributed by atoms with Gasteiger partial charge in [0.25, 0.3) is 0 Å². The van der Waals surface area contributed by atoms with Crippen molar-refractivity contribution in [1.82, 2.24) is 19.7 Å². The van der Waals surface area contributed by atoms with Crippen LogP contribution in [0.4, 0.5) is 39.5 Å². The third-order valence-corrected chi connectivity index (χ3v) is 4.46. The van der Waals surface area contributed by atoms with Gasteiger partial charge in [0.15, 0.2) is 18.1 Å². The van der Waals surface area contributed by atoms with E-state index in [0.29, 0.717) is 5.01 Å². The number of alkyl halides is 9. The molecule has 0 atom stereocenters. The second kappa shape index (κ2) is 12.7. The molecule has 0 aromatic rings. The second-order valence-electron chi connectivity index (χ2n) is 6.69. The summed E-state index contributed by atoms with van der Waals surface area (Å²) in [6.07, 6.45) is -16.6. The predicted octanol–water partition coefficient (Wildman–Crippen LogP) is -4.07. The van der Waals surface area contributed by atoms with Crippen molar-refractivity contribution >= 4 is 17.7 Å². The summed E-state index contributed by atoms with van der Waals surface area (Å²) in [7, 11) is 0. The molecule has 196 valence electrons. The van der Waals surface area contributed by atoms with Crippen molar-refractivity contribution in [3.05, 3.63) is 10.4 Å². The van der Waals surface area contributed by atoms with Gasteiger partial charge < -0.3 is 25.1 Å². The Balaban J connectivity index is 0.0000116. The van der Waals surface area contributed by atoms with Crippen LogP contribution < -0.4 is 34.8 Å². The molecule has 1 N–H and O–H groups in total. The first kappa shape index (κ1) is 32.8. The number of nitrogens with one attached hydrogen (secondary N) is 1. The number of carbonyl (C=O) groups is 3. The predicted molar refractivity (Wildman–Crippen MR) is 87.4 cm³/mol. The van der Waals surface area contributed by atoms with E-state index >= 15 is 0 Å². The molecule has 1 aliphatic rings. The second-order valence-corrected chi connectivity index (χ2v) is 6.69. The molecular weight excluding hydrogens is 526 g/mol. The number of nitrogens with zero attached hydrogens (tertiary/aromatic N) is 5. The molecule has 3 amide bonds. The fourth-order valence-electron chi connectivity index (χ4n) is 2.79. The van der Waals surface area contributed by atoms with Crippen LogP contribution in [0, 0.1) is 10.4 Å². The molecule has 0 unspecified atom stereocenters. The molecule has 1 saturated heterocycles. The van der Waals surface area contributed by atoms with E-state index in [4.69, 9.17) is 0 Å². The number of hydrogen-bond acceptors (Lipinski definition) is 5. The van der Waals surface area contributed by atoms with Crippen LogP contribution in [0.25, 0.3) is 0 Å². The minimum absolute atomic E-state index is 0. The summed E-state index contributed by atoms with van der Waals surface area (Å²) in [5, 5.41) is 23.3. The molecule has 0 aliphatic carbocycles. The van der Waals surface area contributed by atoms with Gasteiger partial charge in [-0.2, -0.15) is 39.5 Å². The van der Waals surface area contributed by atoms with E-state index in [1.165, 1.54) is 0 Å². The normalized spacial score (nSPS) is 17.8. The monoisotopic (exact) mass is 543 g/mol. The molecule has 0 radical (unpaired) electrons. The number of amides is 3. The number of carbonyl (C=O) groups excluding carboxylic acids is 3. The van der Waals surface area contributed by atoms with E-state index in [2.05, 4.69) is 0 Å². The van der Waals surface area contributed by atoms with E-state index in [9.17, 15) is 64.3 Å². The van der Waals surface area contributed by atoms with Crippen molar-refractivity contribution in [3.63, 3.8) is 0 Å². The smallest absolute Gasteiger partial charge is 0.665 e. The molecule has 1 aliphatic heterocycles. The van der Waals surface area contributed by atoms with Crippen LogP contribution >= 0.6 is 0 Å². The number of rotatable bonds is 1. The van der Waals surface area contributed by atoms with Crippen LogP contribution in [0.2, 0.25) is 0 Å². The summed E-state index contributed by atoms with van der Waals surface area (Å²) in [5.74, 6) is -7.69. The fraction of sp³-hybridized carbons (Fsp3) is 0.786. The van der Waals surface area contributed by atoms with E-state index in [0.717, 1.165) is 5.28 Å². The van der Waals surface area contributed by atoms with Crippen LogP contribution in [-0.4, -0.2) is 113 Å². The molecule has 0 aromatic carbocycles. The van der Waals surface area contributed by atoms with Crippen molar-refractivity contribution in [2.75, 3.05) is 52.4 Å². The minimum Gasteiger partial charge on any atom is -0.665 e. The molecule has 1 rings (SSSR count). The number of hydrazine groups is 1. The zero-order chi connectivity index (χ0) is 26.5. The van der Waals surface area contributed by atoms with Crippen LogP contribution in [0.15, 0.2) is 0 Å². The molecule has 0 aromatic heterocycles. The molecular formula is C14H17F9N6NaO5+. The Morgan fingerprint density at radius 3 is 1.03 bits per heavy atom. The van der Waals surface area contributed by atoms with Gasteiger partial charge in [0.2, 0.25) is 0 Å². The van der Waals surface area contributed by atoms with Gasteiger partial charge in [0, 0.05) is 26.2 Å².